The lowest BCUT2D eigenvalue weighted by Crippen LogP contribution is -2.30. The van der Waals surface area contributed by atoms with Crippen LogP contribution in [0, 0.1) is 11.3 Å². The molecule has 0 bridgehead atoms. The van der Waals surface area contributed by atoms with E-state index < -0.39 is 11.4 Å². The van der Waals surface area contributed by atoms with Gasteiger partial charge in [-0.05, 0) is 19.8 Å². The summed E-state index contributed by atoms with van der Waals surface area (Å²) in [5.41, 5.74) is -0.602. The van der Waals surface area contributed by atoms with Gasteiger partial charge in [-0.3, -0.25) is 0 Å². The lowest BCUT2D eigenvalue weighted by Gasteiger charge is -2.23. The topological polar surface area (TPSA) is 46.5 Å². The van der Waals surface area contributed by atoms with Crippen LogP contribution in [-0.2, 0) is 9.68 Å². The minimum Gasteiger partial charge on any atom is -0.300 e. The predicted molar refractivity (Wildman–Crippen MR) is 37.3 cm³/mol. The Morgan fingerprint density at radius 2 is 1.90 bits per heavy atom. The van der Waals surface area contributed by atoms with E-state index in [1.54, 1.807) is 13.8 Å². The lowest BCUT2D eigenvalue weighted by molar-refractivity contribution is -0.246. The van der Waals surface area contributed by atoms with E-state index in [1.807, 2.05) is 13.8 Å². The first kappa shape index (κ1) is 9.43. The van der Waals surface area contributed by atoms with Gasteiger partial charge in [0.1, 0.15) is 0 Å². The maximum atomic E-state index is 10.8. The second kappa shape index (κ2) is 3.01. The Labute approximate surface area is 60.9 Å². The van der Waals surface area contributed by atoms with Gasteiger partial charge >= 0.3 is 5.97 Å². The van der Waals surface area contributed by atoms with Gasteiger partial charge in [0.25, 0.3) is 0 Å². The Kier molecular flexibility index (Phi) is 2.84. The van der Waals surface area contributed by atoms with Crippen LogP contribution in [0.25, 0.3) is 0 Å². The highest BCUT2D eigenvalue weighted by atomic mass is 17.1. The van der Waals surface area contributed by atoms with Crippen molar-refractivity contribution in [1.82, 2.24) is 0 Å². The van der Waals surface area contributed by atoms with Gasteiger partial charge in [0, 0.05) is 0 Å². The van der Waals surface area contributed by atoms with E-state index in [2.05, 4.69) is 4.89 Å². The molecular weight excluding hydrogens is 132 g/mol. The molecule has 0 aromatic heterocycles. The lowest BCUT2D eigenvalue weighted by atomic mass is 9.81. The highest BCUT2D eigenvalue weighted by Gasteiger charge is 2.33. The third kappa shape index (κ3) is 1.70. The second-order valence-corrected chi connectivity index (χ2v) is 3.26. The average molecular weight is 146 g/mol. The zero-order valence-electron chi connectivity index (χ0n) is 6.84. The van der Waals surface area contributed by atoms with Crippen molar-refractivity contribution in [2.75, 3.05) is 0 Å². The molecule has 10 heavy (non-hydrogen) atoms. The molecule has 0 radical (unpaired) electrons. The van der Waals surface area contributed by atoms with Crippen molar-refractivity contribution in [2.45, 2.75) is 27.7 Å². The fourth-order valence-electron chi connectivity index (χ4n) is 0.353. The molecule has 3 heteroatoms. The minimum atomic E-state index is -0.602. The first-order valence-electron chi connectivity index (χ1n) is 3.28. The molecule has 3 nitrogen and oxygen atoms in total. The fraction of sp³-hybridized carbons (Fsp3) is 0.857. The summed E-state index contributed by atoms with van der Waals surface area (Å²) in [6.07, 6.45) is 0. The molecule has 0 atom stereocenters. The summed E-state index contributed by atoms with van der Waals surface area (Å²) in [7, 11) is 0. The third-order valence-corrected chi connectivity index (χ3v) is 2.05. The first-order valence-corrected chi connectivity index (χ1v) is 3.28. The minimum absolute atomic E-state index is 0.159. The molecule has 0 rings (SSSR count). The van der Waals surface area contributed by atoms with Crippen molar-refractivity contribution in [2.24, 2.45) is 11.3 Å². The summed E-state index contributed by atoms with van der Waals surface area (Å²) in [5, 5.41) is 8.07. The van der Waals surface area contributed by atoms with E-state index in [0.29, 0.717) is 0 Å². The summed E-state index contributed by atoms with van der Waals surface area (Å²) in [5.74, 6) is -0.422. The van der Waals surface area contributed by atoms with Crippen LogP contribution < -0.4 is 0 Å². The van der Waals surface area contributed by atoms with Gasteiger partial charge in [-0.15, -0.1) is 0 Å². The molecule has 0 heterocycles. The van der Waals surface area contributed by atoms with Crippen molar-refractivity contribution in [3.63, 3.8) is 0 Å². The van der Waals surface area contributed by atoms with Crippen molar-refractivity contribution in [3.8, 4) is 0 Å². The van der Waals surface area contributed by atoms with Crippen molar-refractivity contribution >= 4 is 5.97 Å². The summed E-state index contributed by atoms with van der Waals surface area (Å²) in [6.45, 7) is 7.26. The average Bonchev–Trinajstić information content (AvgIpc) is 1.86. The smallest absolute Gasteiger partial charge is 0.300 e. The maximum Gasteiger partial charge on any atom is 0.347 e. The Hall–Kier alpha value is -0.570. The normalized spacial score (nSPS) is 11.8. The fourth-order valence-corrected chi connectivity index (χ4v) is 0.353. The van der Waals surface area contributed by atoms with Crippen molar-refractivity contribution < 1.29 is 14.9 Å². The first-order chi connectivity index (χ1) is 4.42. The van der Waals surface area contributed by atoms with Gasteiger partial charge in [-0.1, -0.05) is 13.8 Å². The van der Waals surface area contributed by atoms with E-state index in [9.17, 15) is 4.79 Å². The van der Waals surface area contributed by atoms with Crippen LogP contribution in [0.2, 0.25) is 0 Å². The number of hydrogen-bond acceptors (Lipinski definition) is 3. The molecule has 0 unspecified atom stereocenters. The molecule has 1 N–H and O–H groups in total. The molecule has 60 valence electrons. The van der Waals surface area contributed by atoms with Gasteiger partial charge in [-0.2, -0.15) is 5.26 Å². The van der Waals surface area contributed by atoms with Crippen molar-refractivity contribution in [3.05, 3.63) is 0 Å². The van der Waals surface area contributed by atoms with Crippen LogP contribution >= 0.6 is 0 Å². The Morgan fingerprint density at radius 3 is 2.00 bits per heavy atom. The number of carbonyl (C=O) groups is 1. The molecule has 0 saturated carbocycles. The van der Waals surface area contributed by atoms with Crippen LogP contribution in [0.5, 0.6) is 0 Å². The standard InChI is InChI=1S/C7H14O3/c1-5(2)7(3,4)6(8)10-9/h5,9H,1-4H3. The van der Waals surface area contributed by atoms with E-state index in [0.717, 1.165) is 0 Å². The quantitative estimate of drug-likeness (QED) is 0.476. The number of rotatable bonds is 2. The van der Waals surface area contributed by atoms with E-state index in [4.69, 9.17) is 5.26 Å². The van der Waals surface area contributed by atoms with Crippen LogP contribution in [0.1, 0.15) is 27.7 Å². The number of hydrogen-bond donors (Lipinski definition) is 1. The molecule has 0 amide bonds. The summed E-state index contributed by atoms with van der Waals surface area (Å²) < 4.78 is 0. The largest absolute Gasteiger partial charge is 0.347 e. The molecular formula is C7H14O3. The Bertz CT molecular complexity index is 127. The van der Waals surface area contributed by atoms with Gasteiger partial charge in [0.15, 0.2) is 0 Å². The monoisotopic (exact) mass is 146 g/mol. The predicted octanol–water partition coefficient (Wildman–Crippen LogP) is 1.68. The molecule has 0 saturated heterocycles. The molecule has 0 spiro atoms. The molecule has 0 aliphatic carbocycles. The summed E-state index contributed by atoms with van der Waals surface area (Å²) in [6, 6.07) is 0. The van der Waals surface area contributed by atoms with E-state index >= 15 is 0 Å². The van der Waals surface area contributed by atoms with E-state index in [-0.39, 0.29) is 5.92 Å². The van der Waals surface area contributed by atoms with E-state index in [1.165, 1.54) is 0 Å². The Morgan fingerprint density at radius 1 is 1.50 bits per heavy atom. The van der Waals surface area contributed by atoms with Crippen LogP contribution in [0.3, 0.4) is 0 Å². The second-order valence-electron chi connectivity index (χ2n) is 3.26. The SMILES string of the molecule is CC(C)C(C)(C)C(=O)OO. The summed E-state index contributed by atoms with van der Waals surface area (Å²) in [4.78, 5) is 14.4. The van der Waals surface area contributed by atoms with Crippen LogP contribution in [-0.4, -0.2) is 11.2 Å². The van der Waals surface area contributed by atoms with Crippen LogP contribution in [0.15, 0.2) is 0 Å². The number of carbonyl (C=O) groups excluding carboxylic acids is 1. The molecule has 0 aromatic carbocycles. The molecule has 0 aromatic rings. The molecule has 0 aliphatic heterocycles. The van der Waals surface area contributed by atoms with Gasteiger partial charge in [0.05, 0.1) is 5.41 Å². The highest BCUT2D eigenvalue weighted by Crippen LogP contribution is 2.26. The highest BCUT2D eigenvalue weighted by molar-refractivity contribution is 5.75. The van der Waals surface area contributed by atoms with Crippen LogP contribution in [0.4, 0.5) is 0 Å². The summed E-state index contributed by atoms with van der Waals surface area (Å²) >= 11 is 0. The molecule has 0 aliphatic rings. The zero-order valence-corrected chi connectivity index (χ0v) is 6.84. The van der Waals surface area contributed by atoms with Crippen molar-refractivity contribution in [1.29, 1.82) is 0 Å². The van der Waals surface area contributed by atoms with Gasteiger partial charge in [-0.25, -0.2) is 4.79 Å². The third-order valence-electron chi connectivity index (χ3n) is 2.05. The molecule has 0 fully saturated rings. The Balaban J connectivity index is 4.24. The zero-order chi connectivity index (χ0) is 8.36. The van der Waals surface area contributed by atoms with Gasteiger partial charge < -0.3 is 4.89 Å². The van der Waals surface area contributed by atoms with Gasteiger partial charge in [0.2, 0.25) is 0 Å². The maximum absolute atomic E-state index is 10.8.